The second kappa shape index (κ2) is 6.95. The molecular formula is C16H22N4O3. The van der Waals surface area contributed by atoms with E-state index in [2.05, 4.69) is 4.98 Å². The molecule has 0 saturated carbocycles. The Hall–Kier alpha value is -2.15. The number of pyridine rings is 1. The van der Waals surface area contributed by atoms with E-state index in [0.717, 1.165) is 12.8 Å². The third kappa shape index (κ3) is 3.61. The fraction of sp³-hybridized carbons (Fsp3) is 0.562. The number of carbonyl (C=O) groups is 2. The summed E-state index contributed by atoms with van der Waals surface area (Å²) in [6, 6.07) is 3.24. The molecule has 1 atom stereocenters. The average Bonchev–Trinajstić information content (AvgIpc) is 2.61. The quantitative estimate of drug-likeness (QED) is 0.851. The van der Waals surface area contributed by atoms with Gasteiger partial charge in [0, 0.05) is 37.9 Å². The number of nitrogen functional groups attached to an aromatic ring is 1. The molecule has 23 heavy (non-hydrogen) atoms. The summed E-state index contributed by atoms with van der Waals surface area (Å²) in [7, 11) is 0. The first-order chi connectivity index (χ1) is 11.1. The summed E-state index contributed by atoms with van der Waals surface area (Å²) >= 11 is 0. The normalized spacial score (nSPS) is 22.0. The molecule has 2 aliphatic heterocycles. The maximum Gasteiger partial charge on any atom is 0.254 e. The SMILES string of the molecule is Nc1cc(C(=O)N2CCCC(C(=O)N3CCOCC3)C2)ccn1. The molecule has 1 aromatic rings. The van der Waals surface area contributed by atoms with Crippen LogP contribution in [0.4, 0.5) is 5.82 Å². The van der Waals surface area contributed by atoms with Gasteiger partial charge in [0.15, 0.2) is 0 Å². The number of likely N-dealkylation sites (tertiary alicyclic amines) is 1. The highest BCUT2D eigenvalue weighted by molar-refractivity contribution is 5.95. The van der Waals surface area contributed by atoms with Crippen LogP contribution in [0.25, 0.3) is 0 Å². The number of hydrogen-bond acceptors (Lipinski definition) is 5. The van der Waals surface area contributed by atoms with Gasteiger partial charge in [-0.1, -0.05) is 0 Å². The Balaban J connectivity index is 1.65. The Morgan fingerprint density at radius 2 is 2.00 bits per heavy atom. The van der Waals surface area contributed by atoms with Crippen molar-refractivity contribution in [1.29, 1.82) is 0 Å². The Kier molecular flexibility index (Phi) is 4.76. The Morgan fingerprint density at radius 1 is 1.22 bits per heavy atom. The van der Waals surface area contributed by atoms with E-state index in [4.69, 9.17) is 10.5 Å². The van der Waals surface area contributed by atoms with E-state index in [9.17, 15) is 9.59 Å². The Labute approximate surface area is 135 Å². The van der Waals surface area contributed by atoms with E-state index >= 15 is 0 Å². The summed E-state index contributed by atoms with van der Waals surface area (Å²) in [5.41, 5.74) is 6.17. The number of ether oxygens (including phenoxy) is 1. The summed E-state index contributed by atoms with van der Waals surface area (Å²) < 4.78 is 5.29. The third-order valence-electron chi connectivity index (χ3n) is 4.41. The lowest BCUT2D eigenvalue weighted by molar-refractivity contribution is -0.141. The zero-order chi connectivity index (χ0) is 16.2. The summed E-state index contributed by atoms with van der Waals surface area (Å²) in [4.78, 5) is 32.7. The van der Waals surface area contributed by atoms with Crippen molar-refractivity contribution in [2.75, 3.05) is 45.1 Å². The summed E-state index contributed by atoms with van der Waals surface area (Å²) in [6.07, 6.45) is 3.20. The first-order valence-corrected chi connectivity index (χ1v) is 8.02. The van der Waals surface area contributed by atoms with Gasteiger partial charge in [-0.15, -0.1) is 0 Å². The van der Waals surface area contributed by atoms with Crippen LogP contribution in [-0.4, -0.2) is 66.0 Å². The highest BCUT2D eigenvalue weighted by Crippen LogP contribution is 2.21. The lowest BCUT2D eigenvalue weighted by atomic mass is 9.95. The van der Waals surface area contributed by atoms with Crippen LogP contribution in [0, 0.1) is 5.92 Å². The lowest BCUT2D eigenvalue weighted by Crippen LogP contribution is -2.49. The number of carbonyl (C=O) groups excluding carboxylic acids is 2. The van der Waals surface area contributed by atoms with Crippen molar-refractivity contribution in [3.8, 4) is 0 Å². The van der Waals surface area contributed by atoms with Crippen LogP contribution in [0.2, 0.25) is 0 Å². The molecule has 0 bridgehead atoms. The van der Waals surface area contributed by atoms with Crippen molar-refractivity contribution >= 4 is 17.6 Å². The van der Waals surface area contributed by atoms with Gasteiger partial charge in [0.05, 0.1) is 19.1 Å². The second-order valence-corrected chi connectivity index (χ2v) is 6.00. The number of anilines is 1. The monoisotopic (exact) mass is 318 g/mol. The first kappa shape index (κ1) is 15.7. The molecule has 0 aliphatic carbocycles. The highest BCUT2D eigenvalue weighted by Gasteiger charge is 2.32. The number of amides is 2. The van der Waals surface area contributed by atoms with Crippen molar-refractivity contribution < 1.29 is 14.3 Å². The number of nitrogens with two attached hydrogens (primary N) is 1. The molecule has 2 aliphatic rings. The third-order valence-corrected chi connectivity index (χ3v) is 4.41. The van der Waals surface area contributed by atoms with Gasteiger partial charge < -0.3 is 20.3 Å². The van der Waals surface area contributed by atoms with Crippen molar-refractivity contribution in [2.45, 2.75) is 12.8 Å². The van der Waals surface area contributed by atoms with Crippen LogP contribution < -0.4 is 5.73 Å². The molecule has 0 aromatic carbocycles. The molecular weight excluding hydrogens is 296 g/mol. The largest absolute Gasteiger partial charge is 0.384 e. The number of morpholine rings is 1. The van der Waals surface area contributed by atoms with Crippen LogP contribution in [0.5, 0.6) is 0 Å². The van der Waals surface area contributed by atoms with Gasteiger partial charge in [-0.3, -0.25) is 9.59 Å². The molecule has 0 spiro atoms. The minimum Gasteiger partial charge on any atom is -0.384 e. The van der Waals surface area contributed by atoms with Crippen LogP contribution in [0.1, 0.15) is 23.2 Å². The molecule has 0 radical (unpaired) electrons. The second-order valence-electron chi connectivity index (χ2n) is 6.00. The van der Waals surface area contributed by atoms with Crippen LogP contribution in [0.3, 0.4) is 0 Å². The highest BCUT2D eigenvalue weighted by atomic mass is 16.5. The van der Waals surface area contributed by atoms with Gasteiger partial charge in [-0.25, -0.2) is 4.98 Å². The molecule has 1 aromatic heterocycles. The van der Waals surface area contributed by atoms with Crippen LogP contribution in [-0.2, 0) is 9.53 Å². The molecule has 2 amide bonds. The van der Waals surface area contributed by atoms with Gasteiger partial charge in [-0.05, 0) is 25.0 Å². The molecule has 3 heterocycles. The van der Waals surface area contributed by atoms with E-state index in [1.54, 1.807) is 17.0 Å². The van der Waals surface area contributed by atoms with Crippen LogP contribution >= 0.6 is 0 Å². The average molecular weight is 318 g/mol. The maximum atomic E-state index is 12.6. The number of rotatable bonds is 2. The standard InChI is InChI=1S/C16H22N4O3/c17-14-10-12(3-4-18-14)15(21)20-5-1-2-13(11-20)16(22)19-6-8-23-9-7-19/h3-4,10,13H,1-2,5-9,11H2,(H2,17,18). The van der Waals surface area contributed by atoms with E-state index in [-0.39, 0.29) is 17.7 Å². The number of nitrogens with zero attached hydrogens (tertiary/aromatic N) is 3. The summed E-state index contributed by atoms with van der Waals surface area (Å²) in [5, 5.41) is 0. The number of piperidine rings is 1. The van der Waals surface area contributed by atoms with Gasteiger partial charge in [0.25, 0.3) is 5.91 Å². The molecule has 7 heteroatoms. The van der Waals surface area contributed by atoms with Gasteiger partial charge in [0.1, 0.15) is 5.82 Å². The molecule has 124 valence electrons. The summed E-state index contributed by atoms with van der Waals surface area (Å²) in [5.74, 6) is 0.261. The molecule has 2 saturated heterocycles. The minimum absolute atomic E-state index is 0.0847. The van der Waals surface area contributed by atoms with E-state index in [0.29, 0.717) is 50.8 Å². The molecule has 2 fully saturated rings. The maximum absolute atomic E-state index is 12.6. The first-order valence-electron chi connectivity index (χ1n) is 8.02. The van der Waals surface area contributed by atoms with E-state index in [1.807, 2.05) is 4.90 Å². The van der Waals surface area contributed by atoms with Gasteiger partial charge >= 0.3 is 0 Å². The fourth-order valence-corrected chi connectivity index (χ4v) is 3.17. The minimum atomic E-state index is -0.120. The molecule has 2 N–H and O–H groups in total. The molecule has 3 rings (SSSR count). The zero-order valence-corrected chi connectivity index (χ0v) is 13.1. The van der Waals surface area contributed by atoms with Crippen molar-refractivity contribution in [3.63, 3.8) is 0 Å². The van der Waals surface area contributed by atoms with Crippen LogP contribution in [0.15, 0.2) is 18.3 Å². The Morgan fingerprint density at radius 3 is 2.74 bits per heavy atom. The Bertz CT molecular complexity index is 586. The van der Waals surface area contributed by atoms with E-state index < -0.39 is 0 Å². The fourth-order valence-electron chi connectivity index (χ4n) is 3.17. The van der Waals surface area contributed by atoms with Crippen molar-refractivity contribution in [1.82, 2.24) is 14.8 Å². The van der Waals surface area contributed by atoms with Gasteiger partial charge in [-0.2, -0.15) is 0 Å². The summed E-state index contributed by atoms with van der Waals surface area (Å²) in [6.45, 7) is 3.62. The topological polar surface area (TPSA) is 88.8 Å². The molecule has 1 unspecified atom stereocenters. The van der Waals surface area contributed by atoms with Crippen molar-refractivity contribution in [3.05, 3.63) is 23.9 Å². The number of aromatic nitrogens is 1. The number of hydrogen-bond donors (Lipinski definition) is 1. The lowest BCUT2D eigenvalue weighted by Gasteiger charge is -2.36. The predicted molar refractivity (Wildman–Crippen MR) is 84.7 cm³/mol. The van der Waals surface area contributed by atoms with E-state index in [1.165, 1.54) is 6.20 Å². The predicted octanol–water partition coefficient (Wildman–Crippen LogP) is 0.375. The van der Waals surface area contributed by atoms with Gasteiger partial charge in [0.2, 0.25) is 5.91 Å². The smallest absolute Gasteiger partial charge is 0.254 e. The zero-order valence-electron chi connectivity index (χ0n) is 13.1. The molecule has 7 nitrogen and oxygen atoms in total. The van der Waals surface area contributed by atoms with Crippen molar-refractivity contribution in [2.24, 2.45) is 5.92 Å².